The van der Waals surface area contributed by atoms with Crippen LogP contribution in [0.4, 0.5) is 4.39 Å². The summed E-state index contributed by atoms with van der Waals surface area (Å²) >= 11 is 5.11. The predicted octanol–water partition coefficient (Wildman–Crippen LogP) is 3.71. The number of halogens is 2. The molecule has 0 fully saturated rings. The number of benzene rings is 1. The molecule has 1 aromatic heterocycles. The molecule has 0 saturated heterocycles. The van der Waals surface area contributed by atoms with Crippen molar-refractivity contribution in [3.8, 4) is 0 Å². The molecule has 1 aromatic carbocycles. The Bertz CT molecular complexity index is 542. The first-order chi connectivity index (χ1) is 8.63. The van der Waals surface area contributed by atoms with Gasteiger partial charge in [-0.05, 0) is 39.9 Å². The molecule has 1 unspecified atom stereocenters. The fourth-order valence-electron chi connectivity index (χ4n) is 1.85. The number of nitrogens with one attached hydrogen (secondary N) is 1. The maximum atomic E-state index is 14.1. The second kappa shape index (κ2) is 5.93. The average Bonchev–Trinajstić information content (AvgIpc) is 2.76. The van der Waals surface area contributed by atoms with E-state index in [0.717, 1.165) is 9.35 Å². The second-order valence-electron chi connectivity index (χ2n) is 4.09. The number of hydrogen-bond acceptors (Lipinski definition) is 3. The highest BCUT2D eigenvalue weighted by molar-refractivity contribution is 9.10. The molecule has 0 amide bonds. The van der Waals surface area contributed by atoms with E-state index < -0.39 is 0 Å². The van der Waals surface area contributed by atoms with Gasteiger partial charge in [-0.25, -0.2) is 4.39 Å². The zero-order valence-electron chi connectivity index (χ0n) is 9.91. The first-order valence-electron chi connectivity index (χ1n) is 5.56. The summed E-state index contributed by atoms with van der Waals surface area (Å²) in [5, 5.41) is 2.00. The van der Waals surface area contributed by atoms with Crippen LogP contribution >= 0.6 is 27.3 Å². The van der Waals surface area contributed by atoms with Crippen LogP contribution in [0.15, 0.2) is 34.1 Å². The van der Waals surface area contributed by atoms with Crippen molar-refractivity contribution in [2.24, 2.45) is 5.84 Å². The minimum Gasteiger partial charge on any atom is -0.271 e. The van der Waals surface area contributed by atoms with Gasteiger partial charge in [-0.2, -0.15) is 0 Å². The number of nitrogens with two attached hydrogens (primary N) is 1. The maximum absolute atomic E-state index is 14.1. The van der Waals surface area contributed by atoms with Gasteiger partial charge in [-0.15, -0.1) is 11.3 Å². The molecule has 0 radical (unpaired) electrons. The highest BCUT2D eigenvalue weighted by Gasteiger charge is 2.17. The summed E-state index contributed by atoms with van der Waals surface area (Å²) < 4.78 is 15.1. The third kappa shape index (κ3) is 2.80. The Kier molecular flexibility index (Phi) is 4.50. The molecule has 0 saturated carbocycles. The van der Waals surface area contributed by atoms with Crippen molar-refractivity contribution in [1.82, 2.24) is 5.43 Å². The fraction of sp³-hybridized carbons (Fsp3) is 0.231. The van der Waals surface area contributed by atoms with Gasteiger partial charge in [0.2, 0.25) is 0 Å². The van der Waals surface area contributed by atoms with E-state index in [0.29, 0.717) is 17.5 Å². The maximum Gasteiger partial charge on any atom is 0.130 e. The predicted molar refractivity (Wildman–Crippen MR) is 76.9 cm³/mol. The highest BCUT2D eigenvalue weighted by atomic mass is 79.9. The number of hydrogen-bond donors (Lipinski definition) is 2. The Morgan fingerprint density at radius 2 is 2.22 bits per heavy atom. The van der Waals surface area contributed by atoms with Gasteiger partial charge >= 0.3 is 0 Å². The Balaban J connectivity index is 2.29. The van der Waals surface area contributed by atoms with E-state index in [1.165, 1.54) is 0 Å². The Morgan fingerprint density at radius 3 is 2.83 bits per heavy atom. The molecule has 2 aromatic rings. The molecule has 2 rings (SSSR count). The summed E-state index contributed by atoms with van der Waals surface area (Å²) in [4.78, 5) is 1.15. The molecule has 1 atom stereocenters. The van der Waals surface area contributed by atoms with Gasteiger partial charge in [0.25, 0.3) is 0 Å². The number of rotatable bonds is 4. The highest BCUT2D eigenvalue weighted by Crippen LogP contribution is 2.29. The van der Waals surface area contributed by atoms with Crippen LogP contribution in [0.1, 0.15) is 22.0 Å². The molecule has 18 heavy (non-hydrogen) atoms. The van der Waals surface area contributed by atoms with Crippen LogP contribution in [0.2, 0.25) is 0 Å². The standard InChI is InChI=1S/C13H14BrFN2S/c1-8-3-2-4-9(13(8)15)11(17-16)7-12-10(14)5-6-18-12/h2-6,11,17H,7,16H2,1H3. The zero-order chi connectivity index (χ0) is 13.1. The van der Waals surface area contributed by atoms with Gasteiger partial charge in [0, 0.05) is 21.3 Å². The molecule has 3 N–H and O–H groups in total. The van der Waals surface area contributed by atoms with Gasteiger partial charge < -0.3 is 0 Å². The lowest BCUT2D eigenvalue weighted by Gasteiger charge is -2.17. The number of hydrazine groups is 1. The average molecular weight is 329 g/mol. The van der Waals surface area contributed by atoms with Crippen molar-refractivity contribution in [1.29, 1.82) is 0 Å². The molecule has 2 nitrogen and oxygen atoms in total. The largest absolute Gasteiger partial charge is 0.271 e. The van der Waals surface area contributed by atoms with Crippen molar-refractivity contribution < 1.29 is 4.39 Å². The van der Waals surface area contributed by atoms with Gasteiger partial charge in [0.1, 0.15) is 5.82 Å². The van der Waals surface area contributed by atoms with Crippen molar-refractivity contribution in [2.75, 3.05) is 0 Å². The van der Waals surface area contributed by atoms with Gasteiger partial charge in [0.15, 0.2) is 0 Å². The van der Waals surface area contributed by atoms with E-state index in [2.05, 4.69) is 21.4 Å². The fourth-order valence-corrected chi connectivity index (χ4v) is 3.42. The topological polar surface area (TPSA) is 38.0 Å². The summed E-state index contributed by atoms with van der Waals surface area (Å²) in [6.45, 7) is 1.76. The molecule has 0 aliphatic carbocycles. The zero-order valence-corrected chi connectivity index (χ0v) is 12.3. The Hall–Kier alpha value is -0.750. The smallest absolute Gasteiger partial charge is 0.130 e. The van der Waals surface area contributed by atoms with Crippen LogP contribution in [0.5, 0.6) is 0 Å². The minimum atomic E-state index is -0.222. The molecule has 0 spiro atoms. The summed E-state index contributed by atoms with van der Waals surface area (Å²) in [5.41, 5.74) is 3.94. The first kappa shape index (κ1) is 13.7. The van der Waals surface area contributed by atoms with Crippen LogP contribution < -0.4 is 11.3 Å². The van der Waals surface area contributed by atoms with Crippen LogP contribution in [-0.4, -0.2) is 0 Å². The van der Waals surface area contributed by atoms with Crippen LogP contribution in [0, 0.1) is 12.7 Å². The van der Waals surface area contributed by atoms with Crippen molar-refractivity contribution in [2.45, 2.75) is 19.4 Å². The first-order valence-corrected chi connectivity index (χ1v) is 7.23. The molecule has 1 heterocycles. The van der Waals surface area contributed by atoms with E-state index in [-0.39, 0.29) is 11.9 Å². The number of aryl methyl sites for hydroxylation is 1. The van der Waals surface area contributed by atoms with Gasteiger partial charge in [0.05, 0.1) is 6.04 Å². The minimum absolute atomic E-state index is 0.187. The summed E-state index contributed by atoms with van der Waals surface area (Å²) in [7, 11) is 0. The summed E-state index contributed by atoms with van der Waals surface area (Å²) in [5.74, 6) is 5.38. The van der Waals surface area contributed by atoms with Crippen LogP contribution in [-0.2, 0) is 6.42 Å². The third-order valence-corrected chi connectivity index (χ3v) is 4.83. The summed E-state index contributed by atoms with van der Waals surface area (Å²) in [6.07, 6.45) is 0.662. The Morgan fingerprint density at radius 1 is 1.44 bits per heavy atom. The van der Waals surface area contributed by atoms with E-state index in [1.807, 2.05) is 17.5 Å². The lowest BCUT2D eigenvalue weighted by Crippen LogP contribution is -2.30. The van der Waals surface area contributed by atoms with Crippen LogP contribution in [0.3, 0.4) is 0 Å². The van der Waals surface area contributed by atoms with Crippen molar-refractivity contribution >= 4 is 27.3 Å². The van der Waals surface area contributed by atoms with Crippen LogP contribution in [0.25, 0.3) is 0 Å². The molecular weight excluding hydrogens is 315 g/mol. The van der Waals surface area contributed by atoms with E-state index in [9.17, 15) is 4.39 Å². The van der Waals surface area contributed by atoms with Gasteiger partial charge in [-0.3, -0.25) is 11.3 Å². The molecule has 0 aliphatic heterocycles. The number of thiophene rings is 1. The molecule has 5 heteroatoms. The van der Waals surface area contributed by atoms with E-state index >= 15 is 0 Å². The lowest BCUT2D eigenvalue weighted by molar-refractivity contribution is 0.509. The van der Waals surface area contributed by atoms with Gasteiger partial charge in [-0.1, -0.05) is 18.2 Å². The van der Waals surface area contributed by atoms with E-state index in [4.69, 9.17) is 5.84 Å². The second-order valence-corrected chi connectivity index (χ2v) is 5.95. The van der Waals surface area contributed by atoms with Crippen molar-refractivity contribution in [3.05, 3.63) is 55.9 Å². The molecule has 0 aliphatic rings. The third-order valence-electron chi connectivity index (χ3n) is 2.88. The lowest BCUT2D eigenvalue weighted by atomic mass is 10.0. The monoisotopic (exact) mass is 328 g/mol. The van der Waals surface area contributed by atoms with E-state index in [1.54, 1.807) is 30.4 Å². The Labute approximate surface area is 118 Å². The molecule has 0 bridgehead atoms. The quantitative estimate of drug-likeness (QED) is 0.663. The summed E-state index contributed by atoms with van der Waals surface area (Å²) in [6, 6.07) is 7.14. The SMILES string of the molecule is Cc1cccc(C(Cc2sccc2Br)NN)c1F. The normalized spacial score (nSPS) is 12.7. The molecular formula is C13H14BrFN2S. The van der Waals surface area contributed by atoms with Crippen molar-refractivity contribution in [3.63, 3.8) is 0 Å². The molecule has 96 valence electrons.